The maximum atomic E-state index is 11.5. The Hall–Kier alpha value is -1.55. The van der Waals surface area contributed by atoms with E-state index in [4.69, 9.17) is 5.73 Å². The summed E-state index contributed by atoms with van der Waals surface area (Å²) in [5.74, 6) is 0.155. The van der Waals surface area contributed by atoms with Crippen molar-refractivity contribution in [2.45, 2.75) is 25.8 Å². The van der Waals surface area contributed by atoms with Gasteiger partial charge in [0.15, 0.2) is 0 Å². The molecule has 1 aliphatic heterocycles. The first kappa shape index (κ1) is 11.9. The molecule has 17 heavy (non-hydrogen) atoms. The zero-order valence-corrected chi connectivity index (χ0v) is 10.6. The summed E-state index contributed by atoms with van der Waals surface area (Å²) in [7, 11) is 1.80. The lowest BCUT2D eigenvalue weighted by Gasteiger charge is -2.28. The van der Waals surface area contributed by atoms with Crippen molar-refractivity contribution in [2.75, 3.05) is 18.6 Å². The quantitative estimate of drug-likeness (QED) is 0.841. The average Bonchev–Trinajstić information content (AvgIpc) is 2.59. The van der Waals surface area contributed by atoms with Crippen LogP contribution in [0.4, 0.5) is 5.69 Å². The van der Waals surface area contributed by atoms with E-state index in [1.165, 1.54) is 0 Å². The van der Waals surface area contributed by atoms with Gasteiger partial charge in [-0.2, -0.15) is 0 Å². The van der Waals surface area contributed by atoms with Gasteiger partial charge in [-0.05, 0) is 31.5 Å². The number of carbonyl (C=O) groups excluding carboxylic acids is 1. The molecule has 0 bridgehead atoms. The number of anilines is 1. The Balaban J connectivity index is 2.31. The molecule has 0 atom stereocenters. The van der Waals surface area contributed by atoms with Crippen molar-refractivity contribution < 1.29 is 4.79 Å². The summed E-state index contributed by atoms with van der Waals surface area (Å²) in [6.45, 7) is 4.69. The van der Waals surface area contributed by atoms with Crippen LogP contribution in [0.15, 0.2) is 24.3 Å². The number of rotatable bonds is 2. The average molecular weight is 233 g/mol. The summed E-state index contributed by atoms with van der Waals surface area (Å²) >= 11 is 0. The van der Waals surface area contributed by atoms with E-state index in [1.807, 2.05) is 37.1 Å². The molecule has 1 fully saturated rings. The van der Waals surface area contributed by atoms with E-state index in [2.05, 4.69) is 6.07 Å². The highest BCUT2D eigenvalue weighted by Gasteiger charge is 2.26. The molecule has 1 aromatic rings. The lowest BCUT2D eigenvalue weighted by atomic mass is 9.95. The molecule has 4 heteroatoms. The van der Waals surface area contributed by atoms with E-state index in [0.717, 1.165) is 17.8 Å². The normalized spacial score (nSPS) is 16.8. The maximum Gasteiger partial charge on any atom is 0.242 e. The molecule has 0 aliphatic carbocycles. The fourth-order valence-corrected chi connectivity index (χ4v) is 2.02. The number of benzene rings is 1. The van der Waals surface area contributed by atoms with Gasteiger partial charge < -0.3 is 5.73 Å². The smallest absolute Gasteiger partial charge is 0.242 e. The summed E-state index contributed by atoms with van der Waals surface area (Å²) < 4.78 is 0. The summed E-state index contributed by atoms with van der Waals surface area (Å²) in [6, 6.07) is 8.05. The van der Waals surface area contributed by atoms with Crippen LogP contribution in [0.5, 0.6) is 0 Å². The molecule has 0 unspecified atom stereocenters. The molecule has 2 rings (SSSR count). The number of nitrogens with zero attached hydrogens (tertiary/aromatic N) is 2. The predicted octanol–water partition coefficient (Wildman–Crippen LogP) is 1.46. The second-order valence-corrected chi connectivity index (χ2v) is 5.06. The van der Waals surface area contributed by atoms with Crippen LogP contribution in [0.25, 0.3) is 0 Å². The lowest BCUT2D eigenvalue weighted by Crippen LogP contribution is -2.36. The molecule has 0 aromatic heterocycles. The first-order valence-electron chi connectivity index (χ1n) is 5.83. The Labute approximate surface area is 102 Å². The van der Waals surface area contributed by atoms with Crippen LogP contribution in [0.2, 0.25) is 0 Å². The minimum atomic E-state index is -0.363. The van der Waals surface area contributed by atoms with Crippen molar-refractivity contribution in [3.05, 3.63) is 29.8 Å². The van der Waals surface area contributed by atoms with Gasteiger partial charge in [-0.15, -0.1) is 0 Å². The number of nitrogens with two attached hydrogens (primary N) is 1. The Morgan fingerprint density at radius 1 is 1.35 bits per heavy atom. The van der Waals surface area contributed by atoms with Crippen molar-refractivity contribution in [2.24, 2.45) is 5.73 Å². The van der Waals surface area contributed by atoms with Gasteiger partial charge in [0.25, 0.3) is 0 Å². The molecule has 2 N–H and O–H groups in total. The number of hydrogen-bond donors (Lipinski definition) is 1. The van der Waals surface area contributed by atoms with Gasteiger partial charge >= 0.3 is 0 Å². The second-order valence-electron chi connectivity index (χ2n) is 5.06. The number of hydrogen-bond acceptors (Lipinski definition) is 3. The highest BCUT2D eigenvalue weighted by molar-refractivity contribution is 5.81. The third-order valence-corrected chi connectivity index (χ3v) is 3.15. The Bertz CT molecular complexity index is 437. The third kappa shape index (κ3) is 2.26. The lowest BCUT2D eigenvalue weighted by molar-refractivity contribution is -0.126. The van der Waals surface area contributed by atoms with Crippen LogP contribution in [0.1, 0.15) is 25.8 Å². The van der Waals surface area contributed by atoms with Crippen LogP contribution in [-0.4, -0.2) is 24.5 Å². The third-order valence-electron chi connectivity index (χ3n) is 3.15. The van der Waals surface area contributed by atoms with Gasteiger partial charge in [0.1, 0.15) is 0 Å². The van der Waals surface area contributed by atoms with Crippen LogP contribution in [0.3, 0.4) is 0 Å². The van der Waals surface area contributed by atoms with Gasteiger partial charge in [0.05, 0.1) is 5.69 Å². The number of hydrazine groups is 1. The molecule has 1 aliphatic rings. The molecule has 1 amide bonds. The van der Waals surface area contributed by atoms with Crippen molar-refractivity contribution in [1.82, 2.24) is 5.01 Å². The predicted molar refractivity (Wildman–Crippen MR) is 68.4 cm³/mol. The molecular weight excluding hydrogens is 214 g/mol. The minimum absolute atomic E-state index is 0.155. The fraction of sp³-hybridized carbons (Fsp3) is 0.462. The van der Waals surface area contributed by atoms with E-state index in [-0.39, 0.29) is 11.4 Å². The Morgan fingerprint density at radius 2 is 2.06 bits per heavy atom. The Kier molecular flexibility index (Phi) is 2.83. The molecule has 0 saturated carbocycles. The molecular formula is C13H19N3O. The second kappa shape index (κ2) is 4.04. The summed E-state index contributed by atoms with van der Waals surface area (Å²) in [4.78, 5) is 11.5. The summed E-state index contributed by atoms with van der Waals surface area (Å²) in [5.41, 5.74) is 7.82. The first-order valence-corrected chi connectivity index (χ1v) is 5.83. The fourth-order valence-electron chi connectivity index (χ4n) is 2.02. The van der Waals surface area contributed by atoms with Gasteiger partial charge in [-0.3, -0.25) is 14.8 Å². The summed E-state index contributed by atoms with van der Waals surface area (Å²) in [6.07, 6.45) is 0.576. The molecule has 1 heterocycles. The largest absolute Gasteiger partial charge is 0.322 e. The molecule has 0 spiro atoms. The topological polar surface area (TPSA) is 49.6 Å². The monoisotopic (exact) mass is 233 g/mol. The summed E-state index contributed by atoms with van der Waals surface area (Å²) in [5, 5.41) is 3.65. The molecule has 4 nitrogen and oxygen atoms in total. The molecule has 1 aromatic carbocycles. The van der Waals surface area contributed by atoms with Gasteiger partial charge in [0.2, 0.25) is 5.91 Å². The van der Waals surface area contributed by atoms with E-state index < -0.39 is 0 Å². The highest BCUT2D eigenvalue weighted by Crippen LogP contribution is 2.26. The first-order chi connectivity index (χ1) is 7.89. The maximum absolute atomic E-state index is 11.5. The standard InChI is InChI=1S/C13H19N3O/c1-13(2,14)10-5-4-6-11(9-10)16-8-7-12(17)15(16)3/h4-6,9H,7-8,14H2,1-3H3. The van der Waals surface area contributed by atoms with Gasteiger partial charge in [-0.25, -0.2) is 0 Å². The zero-order valence-electron chi connectivity index (χ0n) is 10.6. The van der Waals surface area contributed by atoms with Crippen LogP contribution in [-0.2, 0) is 10.3 Å². The molecule has 92 valence electrons. The molecule has 1 saturated heterocycles. The van der Waals surface area contributed by atoms with E-state index in [1.54, 1.807) is 12.1 Å². The SMILES string of the molecule is CN1C(=O)CCN1c1cccc(C(C)(C)N)c1. The number of carbonyl (C=O) groups is 1. The van der Waals surface area contributed by atoms with Crippen molar-refractivity contribution >= 4 is 11.6 Å². The van der Waals surface area contributed by atoms with Crippen molar-refractivity contribution in [3.8, 4) is 0 Å². The van der Waals surface area contributed by atoms with E-state index in [0.29, 0.717) is 6.42 Å². The van der Waals surface area contributed by atoms with Crippen LogP contribution < -0.4 is 10.7 Å². The van der Waals surface area contributed by atoms with Gasteiger partial charge in [-0.1, -0.05) is 12.1 Å². The zero-order chi connectivity index (χ0) is 12.6. The Morgan fingerprint density at radius 3 is 2.59 bits per heavy atom. The number of amides is 1. The van der Waals surface area contributed by atoms with Crippen molar-refractivity contribution in [3.63, 3.8) is 0 Å². The van der Waals surface area contributed by atoms with E-state index in [9.17, 15) is 4.79 Å². The highest BCUT2D eigenvalue weighted by atomic mass is 16.2. The minimum Gasteiger partial charge on any atom is -0.322 e. The van der Waals surface area contributed by atoms with Gasteiger partial charge in [0, 0.05) is 25.6 Å². The van der Waals surface area contributed by atoms with E-state index >= 15 is 0 Å². The van der Waals surface area contributed by atoms with Crippen molar-refractivity contribution in [1.29, 1.82) is 0 Å². The van der Waals surface area contributed by atoms with Crippen LogP contribution in [0, 0.1) is 0 Å². The van der Waals surface area contributed by atoms with Crippen LogP contribution >= 0.6 is 0 Å². The molecule has 0 radical (unpaired) electrons.